The Hall–Kier alpha value is -2.10. The number of hydrogen-bond acceptors (Lipinski definition) is 1. The number of benzene rings is 3. The first-order valence-corrected chi connectivity index (χ1v) is 7.74. The quantitative estimate of drug-likeness (QED) is 0.598. The molecule has 0 fully saturated rings. The van der Waals surface area contributed by atoms with Gasteiger partial charge in [-0.25, -0.2) is 0 Å². The van der Waals surface area contributed by atoms with Crippen molar-refractivity contribution in [3.63, 3.8) is 0 Å². The zero-order chi connectivity index (χ0) is 15.5. The van der Waals surface area contributed by atoms with Gasteiger partial charge >= 0.3 is 0 Å². The summed E-state index contributed by atoms with van der Waals surface area (Å²) in [5.74, 6) is 0. The highest BCUT2D eigenvalue weighted by Crippen LogP contribution is 2.24. The van der Waals surface area contributed by atoms with Crippen molar-refractivity contribution in [1.82, 2.24) is 0 Å². The standard InChI is InChI=1S/C18H15ClN2S/c1-12-9-10-14(19)11-17(12)21-18(22)20-16-8-4-6-13-5-2-3-7-15(13)16/h2-11H,1H3,(H2,20,21,22). The number of nitrogens with one attached hydrogen (secondary N) is 2. The molecule has 4 heteroatoms. The molecular weight excluding hydrogens is 312 g/mol. The van der Waals surface area contributed by atoms with Crippen molar-refractivity contribution >= 4 is 51.1 Å². The van der Waals surface area contributed by atoms with E-state index in [1.165, 1.54) is 5.39 Å². The van der Waals surface area contributed by atoms with Gasteiger partial charge in [0.05, 0.1) is 0 Å². The van der Waals surface area contributed by atoms with Gasteiger partial charge in [-0.05, 0) is 48.3 Å². The summed E-state index contributed by atoms with van der Waals surface area (Å²) in [6, 6.07) is 20.0. The third-order valence-corrected chi connectivity index (χ3v) is 3.92. The van der Waals surface area contributed by atoms with Crippen LogP contribution in [0.1, 0.15) is 5.56 Å². The smallest absolute Gasteiger partial charge is 0.175 e. The monoisotopic (exact) mass is 326 g/mol. The zero-order valence-electron chi connectivity index (χ0n) is 12.1. The second kappa shape index (κ2) is 6.34. The van der Waals surface area contributed by atoms with E-state index in [9.17, 15) is 0 Å². The summed E-state index contributed by atoms with van der Waals surface area (Å²) >= 11 is 11.5. The van der Waals surface area contributed by atoms with E-state index in [0.29, 0.717) is 10.1 Å². The maximum atomic E-state index is 6.03. The number of anilines is 2. The maximum Gasteiger partial charge on any atom is 0.175 e. The van der Waals surface area contributed by atoms with Crippen LogP contribution in [0.2, 0.25) is 5.02 Å². The molecule has 0 aliphatic heterocycles. The van der Waals surface area contributed by atoms with Crippen molar-refractivity contribution in [1.29, 1.82) is 0 Å². The average molecular weight is 327 g/mol. The number of halogens is 1. The van der Waals surface area contributed by atoms with Crippen LogP contribution in [0.4, 0.5) is 11.4 Å². The molecule has 0 aromatic heterocycles. The fraction of sp³-hybridized carbons (Fsp3) is 0.0556. The van der Waals surface area contributed by atoms with E-state index in [4.69, 9.17) is 23.8 Å². The van der Waals surface area contributed by atoms with Crippen LogP contribution in [0.3, 0.4) is 0 Å². The largest absolute Gasteiger partial charge is 0.332 e. The molecule has 0 aliphatic rings. The molecule has 0 spiro atoms. The van der Waals surface area contributed by atoms with Crippen LogP contribution in [0.25, 0.3) is 10.8 Å². The average Bonchev–Trinajstić information content (AvgIpc) is 2.51. The molecule has 3 aromatic carbocycles. The summed E-state index contributed by atoms with van der Waals surface area (Å²) in [5, 5.41) is 9.99. The predicted molar refractivity (Wildman–Crippen MR) is 100.0 cm³/mol. The summed E-state index contributed by atoms with van der Waals surface area (Å²) in [7, 11) is 0. The molecule has 0 saturated carbocycles. The van der Waals surface area contributed by atoms with Gasteiger partial charge in [-0.1, -0.05) is 54.1 Å². The van der Waals surface area contributed by atoms with Gasteiger partial charge in [-0.2, -0.15) is 0 Å². The van der Waals surface area contributed by atoms with Crippen molar-refractivity contribution in [2.45, 2.75) is 6.92 Å². The highest BCUT2D eigenvalue weighted by atomic mass is 35.5. The van der Waals surface area contributed by atoms with E-state index in [2.05, 4.69) is 28.8 Å². The van der Waals surface area contributed by atoms with Gasteiger partial charge in [-0.15, -0.1) is 0 Å². The van der Waals surface area contributed by atoms with Gasteiger partial charge in [0, 0.05) is 21.8 Å². The first-order valence-electron chi connectivity index (χ1n) is 6.95. The number of fused-ring (bicyclic) bond motifs is 1. The Kier molecular flexibility index (Phi) is 4.27. The van der Waals surface area contributed by atoms with Gasteiger partial charge in [0.1, 0.15) is 0 Å². The first-order chi connectivity index (χ1) is 10.6. The molecule has 3 aromatic rings. The minimum Gasteiger partial charge on any atom is -0.332 e. The SMILES string of the molecule is Cc1ccc(Cl)cc1NC(=S)Nc1cccc2ccccc12. The normalized spacial score (nSPS) is 10.5. The van der Waals surface area contributed by atoms with Crippen LogP contribution >= 0.6 is 23.8 Å². The van der Waals surface area contributed by atoms with Gasteiger partial charge in [0.25, 0.3) is 0 Å². The molecule has 22 heavy (non-hydrogen) atoms. The molecule has 2 nitrogen and oxygen atoms in total. The lowest BCUT2D eigenvalue weighted by molar-refractivity contribution is 1.45. The van der Waals surface area contributed by atoms with Crippen LogP contribution in [-0.4, -0.2) is 5.11 Å². The summed E-state index contributed by atoms with van der Waals surface area (Å²) in [4.78, 5) is 0. The van der Waals surface area contributed by atoms with E-state index in [0.717, 1.165) is 22.3 Å². The van der Waals surface area contributed by atoms with E-state index in [-0.39, 0.29) is 0 Å². The summed E-state index contributed by atoms with van der Waals surface area (Å²) in [6.07, 6.45) is 0. The van der Waals surface area contributed by atoms with Gasteiger partial charge in [-0.3, -0.25) is 0 Å². The van der Waals surface area contributed by atoms with Crippen LogP contribution in [-0.2, 0) is 0 Å². The van der Waals surface area contributed by atoms with E-state index in [1.807, 2.05) is 49.4 Å². The van der Waals surface area contributed by atoms with Gasteiger partial charge in [0.2, 0.25) is 0 Å². The van der Waals surface area contributed by atoms with Gasteiger partial charge < -0.3 is 10.6 Å². The fourth-order valence-electron chi connectivity index (χ4n) is 2.34. The lowest BCUT2D eigenvalue weighted by Gasteiger charge is -2.14. The van der Waals surface area contributed by atoms with E-state index < -0.39 is 0 Å². The minimum absolute atomic E-state index is 0.543. The highest BCUT2D eigenvalue weighted by Gasteiger charge is 2.05. The molecule has 110 valence electrons. The van der Waals surface area contributed by atoms with Crippen molar-refractivity contribution in [3.8, 4) is 0 Å². The van der Waals surface area contributed by atoms with Crippen LogP contribution in [0.5, 0.6) is 0 Å². The molecule has 0 saturated heterocycles. The summed E-state index contributed by atoms with van der Waals surface area (Å²) in [6.45, 7) is 2.01. The fourth-order valence-corrected chi connectivity index (χ4v) is 2.73. The Morgan fingerprint density at radius 2 is 1.64 bits per heavy atom. The molecule has 0 amide bonds. The highest BCUT2D eigenvalue weighted by molar-refractivity contribution is 7.80. The number of thiocarbonyl (C=S) groups is 1. The lowest BCUT2D eigenvalue weighted by Crippen LogP contribution is -2.19. The molecule has 0 aliphatic carbocycles. The third kappa shape index (κ3) is 3.21. The molecule has 0 unspecified atom stereocenters. The molecule has 0 radical (unpaired) electrons. The Morgan fingerprint density at radius 1 is 0.909 bits per heavy atom. The molecule has 0 bridgehead atoms. The van der Waals surface area contributed by atoms with Crippen molar-refractivity contribution in [2.24, 2.45) is 0 Å². The number of aryl methyl sites for hydroxylation is 1. The second-order valence-electron chi connectivity index (χ2n) is 5.07. The molecule has 0 atom stereocenters. The van der Waals surface area contributed by atoms with Crippen molar-refractivity contribution in [2.75, 3.05) is 10.6 Å². The topological polar surface area (TPSA) is 24.1 Å². The maximum absolute atomic E-state index is 6.03. The van der Waals surface area contributed by atoms with E-state index in [1.54, 1.807) is 0 Å². The Morgan fingerprint density at radius 3 is 2.50 bits per heavy atom. The van der Waals surface area contributed by atoms with Crippen LogP contribution < -0.4 is 10.6 Å². The Bertz CT molecular complexity index is 840. The molecule has 0 heterocycles. The molecule has 2 N–H and O–H groups in total. The Balaban J connectivity index is 1.83. The minimum atomic E-state index is 0.543. The predicted octanol–water partition coefficient (Wildman–Crippen LogP) is 5.61. The summed E-state index contributed by atoms with van der Waals surface area (Å²) < 4.78 is 0. The Labute approximate surface area is 140 Å². The second-order valence-corrected chi connectivity index (χ2v) is 5.91. The number of rotatable bonds is 2. The lowest BCUT2D eigenvalue weighted by atomic mass is 10.1. The first kappa shape index (κ1) is 14.8. The molecule has 3 rings (SSSR count). The zero-order valence-corrected chi connectivity index (χ0v) is 13.6. The van der Waals surface area contributed by atoms with Crippen molar-refractivity contribution in [3.05, 3.63) is 71.2 Å². The summed E-state index contributed by atoms with van der Waals surface area (Å²) in [5.41, 5.74) is 2.98. The molecular formula is C18H15ClN2S. The van der Waals surface area contributed by atoms with Crippen molar-refractivity contribution < 1.29 is 0 Å². The third-order valence-electron chi connectivity index (χ3n) is 3.49. The number of hydrogen-bond donors (Lipinski definition) is 2. The van der Waals surface area contributed by atoms with Crippen LogP contribution in [0, 0.1) is 6.92 Å². The van der Waals surface area contributed by atoms with Gasteiger partial charge in [0.15, 0.2) is 5.11 Å². The van der Waals surface area contributed by atoms with Crippen LogP contribution in [0.15, 0.2) is 60.7 Å². The van der Waals surface area contributed by atoms with E-state index >= 15 is 0 Å².